The van der Waals surface area contributed by atoms with Gasteiger partial charge in [0.05, 0.1) is 11.1 Å². The summed E-state index contributed by atoms with van der Waals surface area (Å²) in [6, 6.07) is 13.6. The molecule has 21 heavy (non-hydrogen) atoms. The van der Waals surface area contributed by atoms with Gasteiger partial charge in [-0.1, -0.05) is 18.2 Å². The number of nitrogens with zero attached hydrogens (tertiary/aromatic N) is 1. The summed E-state index contributed by atoms with van der Waals surface area (Å²) in [7, 11) is 0. The molecule has 0 aliphatic carbocycles. The minimum Gasteiger partial charge on any atom is -0.483 e. The molecule has 4 nitrogen and oxygen atoms in total. The van der Waals surface area contributed by atoms with Crippen molar-refractivity contribution in [2.45, 2.75) is 6.61 Å². The molecule has 1 heterocycles. The van der Waals surface area contributed by atoms with Crippen LogP contribution < -0.4 is 10.5 Å². The fourth-order valence-corrected chi connectivity index (χ4v) is 2.05. The first kappa shape index (κ1) is 13.0. The lowest BCUT2D eigenvalue weighted by Gasteiger charge is -2.06. The Morgan fingerprint density at radius 1 is 1.24 bits per heavy atom. The van der Waals surface area contributed by atoms with Gasteiger partial charge < -0.3 is 14.9 Å². The Balaban J connectivity index is 1.91. The molecule has 2 N–H and O–H groups in total. The molecule has 3 rings (SSSR count). The van der Waals surface area contributed by atoms with E-state index in [4.69, 9.17) is 20.1 Å². The summed E-state index contributed by atoms with van der Waals surface area (Å²) in [4.78, 5) is 0. The van der Waals surface area contributed by atoms with Gasteiger partial charge in [0, 0.05) is 0 Å². The maximum absolute atomic E-state index is 13.4. The lowest BCUT2D eigenvalue weighted by Crippen LogP contribution is -1.98. The van der Waals surface area contributed by atoms with E-state index in [2.05, 4.69) is 0 Å². The molecule has 0 saturated carbocycles. The van der Waals surface area contributed by atoms with E-state index in [0.29, 0.717) is 22.3 Å². The molecular formula is C16H11FN2O2. The van der Waals surface area contributed by atoms with E-state index in [-0.39, 0.29) is 18.1 Å². The van der Waals surface area contributed by atoms with Crippen LogP contribution in [-0.4, -0.2) is 0 Å². The van der Waals surface area contributed by atoms with Gasteiger partial charge in [0.15, 0.2) is 5.75 Å². The third-order valence-corrected chi connectivity index (χ3v) is 3.10. The van der Waals surface area contributed by atoms with Crippen molar-refractivity contribution in [2.24, 2.45) is 0 Å². The Kier molecular flexibility index (Phi) is 3.20. The highest BCUT2D eigenvalue weighted by Gasteiger charge is 2.15. The van der Waals surface area contributed by atoms with E-state index in [9.17, 15) is 4.39 Å². The van der Waals surface area contributed by atoms with E-state index in [1.54, 1.807) is 18.2 Å². The maximum Gasteiger partial charge on any atom is 0.246 e. The number of fused-ring (bicyclic) bond motifs is 1. The first-order valence-electron chi connectivity index (χ1n) is 6.27. The first-order valence-corrected chi connectivity index (χ1v) is 6.27. The van der Waals surface area contributed by atoms with Crippen LogP contribution in [-0.2, 0) is 6.61 Å². The van der Waals surface area contributed by atoms with Gasteiger partial charge in [-0.25, -0.2) is 4.39 Å². The third kappa shape index (κ3) is 2.39. The topological polar surface area (TPSA) is 72.2 Å². The monoisotopic (exact) mass is 282 g/mol. The smallest absolute Gasteiger partial charge is 0.246 e. The molecule has 0 unspecified atom stereocenters. The Bertz CT molecular complexity index is 849. The van der Waals surface area contributed by atoms with Gasteiger partial charge in [-0.05, 0) is 29.8 Å². The van der Waals surface area contributed by atoms with Crippen molar-refractivity contribution in [1.29, 1.82) is 5.26 Å². The van der Waals surface area contributed by atoms with Gasteiger partial charge in [-0.3, -0.25) is 0 Å². The molecule has 3 aromatic rings. The Hall–Kier alpha value is -3.00. The van der Waals surface area contributed by atoms with E-state index in [1.165, 1.54) is 12.1 Å². The molecular weight excluding hydrogens is 271 g/mol. The highest BCUT2D eigenvalue weighted by Crippen LogP contribution is 2.33. The number of benzene rings is 2. The number of hydrogen-bond donors (Lipinski definition) is 1. The molecule has 0 saturated heterocycles. The van der Waals surface area contributed by atoms with Gasteiger partial charge in [0.1, 0.15) is 24.1 Å². The van der Waals surface area contributed by atoms with Crippen LogP contribution in [0, 0.1) is 17.1 Å². The van der Waals surface area contributed by atoms with Crippen LogP contribution >= 0.6 is 0 Å². The Morgan fingerprint density at radius 2 is 2.05 bits per heavy atom. The molecule has 0 aliphatic heterocycles. The van der Waals surface area contributed by atoms with Crippen molar-refractivity contribution >= 4 is 16.7 Å². The van der Waals surface area contributed by atoms with Crippen LogP contribution in [0.15, 0.2) is 46.9 Å². The SMILES string of the molecule is N#Cc1oc2ccccc2c1OCc1ccc(N)c(F)c1. The standard InChI is InChI=1S/C16H11FN2O2/c17-12-7-10(5-6-13(12)19)9-20-16-11-3-1-2-4-14(11)21-15(16)8-18/h1-7H,9,19H2. The summed E-state index contributed by atoms with van der Waals surface area (Å²) in [5.74, 6) is -0.0221. The normalized spacial score (nSPS) is 10.5. The van der Waals surface area contributed by atoms with Crippen molar-refractivity contribution < 1.29 is 13.5 Å². The molecule has 0 amide bonds. The van der Waals surface area contributed by atoms with Crippen molar-refractivity contribution in [2.75, 3.05) is 5.73 Å². The van der Waals surface area contributed by atoms with Crippen molar-refractivity contribution in [3.05, 3.63) is 59.6 Å². The summed E-state index contributed by atoms with van der Waals surface area (Å²) >= 11 is 0. The van der Waals surface area contributed by atoms with Crippen LogP contribution in [0.5, 0.6) is 5.75 Å². The largest absolute Gasteiger partial charge is 0.483 e. The second-order valence-electron chi connectivity index (χ2n) is 4.51. The second-order valence-corrected chi connectivity index (χ2v) is 4.51. The summed E-state index contributed by atoms with van der Waals surface area (Å²) in [6.07, 6.45) is 0. The lowest BCUT2D eigenvalue weighted by molar-refractivity contribution is 0.303. The average Bonchev–Trinajstić information content (AvgIpc) is 2.86. The fraction of sp³-hybridized carbons (Fsp3) is 0.0625. The first-order chi connectivity index (χ1) is 10.2. The van der Waals surface area contributed by atoms with E-state index < -0.39 is 5.82 Å². The van der Waals surface area contributed by atoms with Crippen LogP contribution in [0.1, 0.15) is 11.3 Å². The van der Waals surface area contributed by atoms with Crippen molar-refractivity contribution in [1.82, 2.24) is 0 Å². The summed E-state index contributed by atoms with van der Waals surface area (Å²) in [6.45, 7) is 0.120. The zero-order valence-corrected chi connectivity index (χ0v) is 11.0. The molecule has 0 fully saturated rings. The zero-order valence-electron chi connectivity index (χ0n) is 11.0. The van der Waals surface area contributed by atoms with Crippen molar-refractivity contribution in [3.8, 4) is 11.8 Å². The van der Waals surface area contributed by atoms with E-state index in [1.807, 2.05) is 18.2 Å². The van der Waals surface area contributed by atoms with Gasteiger partial charge in [-0.15, -0.1) is 0 Å². The molecule has 1 aromatic heterocycles. The zero-order chi connectivity index (χ0) is 14.8. The molecule has 0 bridgehead atoms. The van der Waals surface area contributed by atoms with Crippen LogP contribution in [0.4, 0.5) is 10.1 Å². The summed E-state index contributed by atoms with van der Waals surface area (Å²) in [5, 5.41) is 9.81. The number of nitriles is 1. The highest BCUT2D eigenvalue weighted by atomic mass is 19.1. The Labute approximate surface area is 120 Å². The van der Waals surface area contributed by atoms with Crippen LogP contribution in [0.2, 0.25) is 0 Å². The Morgan fingerprint density at radius 3 is 2.81 bits per heavy atom. The number of ether oxygens (including phenoxy) is 1. The minimum atomic E-state index is -0.492. The predicted molar refractivity (Wildman–Crippen MR) is 76.1 cm³/mol. The molecule has 0 aliphatic rings. The number of anilines is 1. The van der Waals surface area contributed by atoms with Crippen molar-refractivity contribution in [3.63, 3.8) is 0 Å². The summed E-state index contributed by atoms with van der Waals surface area (Å²) in [5.41, 5.74) is 6.71. The molecule has 104 valence electrons. The summed E-state index contributed by atoms with van der Waals surface area (Å²) < 4.78 is 24.4. The van der Waals surface area contributed by atoms with E-state index in [0.717, 1.165) is 0 Å². The second kappa shape index (κ2) is 5.17. The fourth-order valence-electron chi connectivity index (χ4n) is 2.05. The van der Waals surface area contributed by atoms with Crippen LogP contribution in [0.25, 0.3) is 11.0 Å². The molecule has 2 aromatic carbocycles. The number of furan rings is 1. The van der Waals surface area contributed by atoms with Crippen LogP contribution in [0.3, 0.4) is 0 Å². The van der Waals surface area contributed by atoms with E-state index >= 15 is 0 Å². The lowest BCUT2D eigenvalue weighted by atomic mass is 10.2. The molecule has 0 spiro atoms. The van der Waals surface area contributed by atoms with Gasteiger partial charge in [0.25, 0.3) is 0 Å². The number of rotatable bonds is 3. The maximum atomic E-state index is 13.4. The minimum absolute atomic E-state index is 0.0882. The van der Waals surface area contributed by atoms with Gasteiger partial charge in [0.2, 0.25) is 5.76 Å². The number of hydrogen-bond acceptors (Lipinski definition) is 4. The quantitative estimate of drug-likeness (QED) is 0.745. The molecule has 0 radical (unpaired) electrons. The van der Waals surface area contributed by atoms with Gasteiger partial charge >= 0.3 is 0 Å². The molecule has 0 atom stereocenters. The third-order valence-electron chi connectivity index (χ3n) is 3.10. The van der Waals surface area contributed by atoms with Gasteiger partial charge in [-0.2, -0.15) is 5.26 Å². The highest BCUT2D eigenvalue weighted by molar-refractivity contribution is 5.86. The number of nitrogens with two attached hydrogens (primary N) is 1. The number of nitrogen functional groups attached to an aromatic ring is 1. The number of halogens is 1. The predicted octanol–water partition coefficient (Wildman–Crippen LogP) is 3.60. The number of para-hydroxylation sites is 1. The average molecular weight is 282 g/mol. The molecule has 5 heteroatoms.